The summed E-state index contributed by atoms with van der Waals surface area (Å²) in [6.45, 7) is 23.3. The number of allylic oxidation sites excluding steroid dienone is 2. The van der Waals surface area contributed by atoms with Crippen molar-refractivity contribution in [3.63, 3.8) is 0 Å². The van der Waals surface area contributed by atoms with Crippen molar-refractivity contribution in [2.45, 2.75) is 133 Å². The second kappa shape index (κ2) is 10.2. The van der Waals surface area contributed by atoms with E-state index in [9.17, 15) is 10.2 Å². The summed E-state index contributed by atoms with van der Waals surface area (Å²) in [4.78, 5) is 0. The molecule has 2 heteroatoms. The Kier molecular flexibility index (Phi) is 8.47. The summed E-state index contributed by atoms with van der Waals surface area (Å²) < 4.78 is 0. The minimum absolute atomic E-state index is 0.140. The van der Waals surface area contributed by atoms with Gasteiger partial charge in [0.15, 0.2) is 0 Å². The molecule has 4 aliphatic rings. The number of aliphatic hydroxyl groups excluding tert-OH is 2. The van der Waals surface area contributed by atoms with Gasteiger partial charge in [0.2, 0.25) is 0 Å². The lowest BCUT2D eigenvalue weighted by molar-refractivity contribution is -0.216. The molecule has 0 radical (unpaired) electrons. The molecular formula is C32H58O2. The predicted molar refractivity (Wildman–Crippen MR) is 146 cm³/mol. The molecule has 0 saturated heterocycles. The highest BCUT2D eigenvalue weighted by Gasteiger charge is 2.66. The zero-order valence-corrected chi connectivity index (χ0v) is 24.3. The molecule has 0 heterocycles. The Labute approximate surface area is 212 Å². The van der Waals surface area contributed by atoms with Crippen LogP contribution in [0.4, 0.5) is 0 Å². The zero-order chi connectivity index (χ0) is 25.6. The molecule has 11 atom stereocenters. The van der Waals surface area contributed by atoms with E-state index in [1.165, 1.54) is 31.3 Å². The fraction of sp³-hybridized carbons (Fsp3) is 0.938. The average Bonchev–Trinajstić information content (AvgIpc) is 3.22. The molecule has 2 N–H and O–H groups in total. The quantitative estimate of drug-likeness (QED) is 0.402. The van der Waals surface area contributed by atoms with Crippen LogP contribution >= 0.6 is 0 Å². The van der Waals surface area contributed by atoms with Crippen LogP contribution in [-0.2, 0) is 0 Å². The van der Waals surface area contributed by atoms with Gasteiger partial charge >= 0.3 is 0 Å². The Morgan fingerprint density at radius 3 is 2.24 bits per heavy atom. The van der Waals surface area contributed by atoms with Gasteiger partial charge in [0.1, 0.15) is 0 Å². The van der Waals surface area contributed by atoms with Gasteiger partial charge in [-0.05, 0) is 123 Å². The second-order valence-electron chi connectivity index (χ2n) is 14.2. The molecule has 34 heavy (non-hydrogen) atoms. The third-order valence-corrected chi connectivity index (χ3v) is 11.7. The molecule has 0 spiro atoms. The molecule has 0 aliphatic heterocycles. The topological polar surface area (TPSA) is 40.5 Å². The number of hydrogen-bond acceptors (Lipinski definition) is 2. The smallest absolute Gasteiger partial charge is 0.0577 e. The standard InChI is InChI=1S/C30H52O2.C2H6/c1-18(2)10-9-14-28(5,6)21-11-12-22-26(21)24(32)16-25-29(7)15-13-23(31)20(4)27(29)19(3)17-30(22,25)8;1-2/h10,19-27,31-32H,9,11-17H2,1-8H3;1-2H3. The Morgan fingerprint density at radius 2 is 1.62 bits per heavy atom. The third kappa shape index (κ3) is 4.57. The summed E-state index contributed by atoms with van der Waals surface area (Å²) in [6.07, 6.45) is 11.4. The first-order valence-corrected chi connectivity index (χ1v) is 14.8. The van der Waals surface area contributed by atoms with Gasteiger partial charge in [0.05, 0.1) is 12.2 Å². The zero-order valence-electron chi connectivity index (χ0n) is 24.3. The van der Waals surface area contributed by atoms with Gasteiger partial charge in [-0.25, -0.2) is 0 Å². The molecule has 0 bridgehead atoms. The lowest BCUT2D eigenvalue weighted by Gasteiger charge is -2.67. The number of hydrogen-bond donors (Lipinski definition) is 2. The monoisotopic (exact) mass is 474 g/mol. The van der Waals surface area contributed by atoms with Crippen LogP contribution in [0, 0.1) is 57.7 Å². The van der Waals surface area contributed by atoms with Crippen molar-refractivity contribution in [3.05, 3.63) is 11.6 Å². The van der Waals surface area contributed by atoms with Crippen LogP contribution in [0.5, 0.6) is 0 Å². The SMILES string of the molecule is CC.CC(C)=CCCC(C)(C)C1CCC2C1C(O)CC1C2(C)CC(C)C2C(C)C(O)CCC21C. The normalized spacial score (nSPS) is 48.1. The minimum Gasteiger partial charge on any atom is -0.393 e. The van der Waals surface area contributed by atoms with Crippen molar-refractivity contribution in [1.29, 1.82) is 0 Å². The molecule has 2 nitrogen and oxygen atoms in total. The van der Waals surface area contributed by atoms with Gasteiger partial charge in [-0.3, -0.25) is 0 Å². The van der Waals surface area contributed by atoms with Gasteiger partial charge in [0.25, 0.3) is 0 Å². The van der Waals surface area contributed by atoms with E-state index in [1.807, 2.05) is 13.8 Å². The Balaban J connectivity index is 0.00000158. The molecular weight excluding hydrogens is 416 g/mol. The highest BCUT2D eigenvalue weighted by molar-refractivity contribution is 5.15. The van der Waals surface area contributed by atoms with Crippen LogP contribution in [0.2, 0.25) is 0 Å². The van der Waals surface area contributed by atoms with Gasteiger partial charge in [-0.2, -0.15) is 0 Å². The van der Waals surface area contributed by atoms with Crippen LogP contribution in [0.1, 0.15) is 121 Å². The summed E-state index contributed by atoms with van der Waals surface area (Å²) in [7, 11) is 0. The van der Waals surface area contributed by atoms with Crippen LogP contribution in [-0.4, -0.2) is 22.4 Å². The maximum atomic E-state index is 11.7. The molecule has 4 fully saturated rings. The maximum absolute atomic E-state index is 11.7. The van der Waals surface area contributed by atoms with Crippen LogP contribution in [0.25, 0.3) is 0 Å². The molecule has 4 aliphatic carbocycles. The number of aliphatic hydroxyl groups is 2. The Hall–Kier alpha value is -0.340. The van der Waals surface area contributed by atoms with Crippen LogP contribution < -0.4 is 0 Å². The predicted octanol–water partition coefficient (Wildman–Crippen LogP) is 8.27. The molecule has 0 amide bonds. The first-order valence-electron chi connectivity index (χ1n) is 14.8. The van der Waals surface area contributed by atoms with E-state index >= 15 is 0 Å². The van der Waals surface area contributed by atoms with Gasteiger partial charge in [-0.15, -0.1) is 0 Å². The van der Waals surface area contributed by atoms with E-state index in [0.29, 0.717) is 46.8 Å². The van der Waals surface area contributed by atoms with Crippen molar-refractivity contribution in [3.8, 4) is 0 Å². The van der Waals surface area contributed by atoms with E-state index in [2.05, 4.69) is 61.5 Å². The second-order valence-corrected chi connectivity index (χ2v) is 14.2. The van der Waals surface area contributed by atoms with Crippen LogP contribution in [0.3, 0.4) is 0 Å². The first kappa shape index (κ1) is 28.2. The molecule has 4 saturated carbocycles. The highest BCUT2D eigenvalue weighted by atomic mass is 16.3. The van der Waals surface area contributed by atoms with Crippen molar-refractivity contribution < 1.29 is 10.2 Å². The number of fused-ring (bicyclic) bond motifs is 5. The molecule has 4 rings (SSSR count). The summed E-state index contributed by atoms with van der Waals surface area (Å²) in [5.41, 5.74) is 2.30. The lowest BCUT2D eigenvalue weighted by Crippen LogP contribution is -2.63. The summed E-state index contributed by atoms with van der Waals surface area (Å²) in [6, 6.07) is 0. The largest absolute Gasteiger partial charge is 0.393 e. The fourth-order valence-electron chi connectivity index (χ4n) is 10.5. The van der Waals surface area contributed by atoms with Gasteiger partial charge in [-0.1, -0.05) is 67.0 Å². The number of rotatable bonds is 4. The van der Waals surface area contributed by atoms with E-state index in [4.69, 9.17) is 0 Å². The van der Waals surface area contributed by atoms with Gasteiger partial charge < -0.3 is 10.2 Å². The summed E-state index contributed by atoms with van der Waals surface area (Å²) in [5.74, 6) is 3.99. The van der Waals surface area contributed by atoms with E-state index in [1.54, 1.807) is 0 Å². The van der Waals surface area contributed by atoms with Crippen molar-refractivity contribution in [1.82, 2.24) is 0 Å². The van der Waals surface area contributed by atoms with Crippen LogP contribution in [0.15, 0.2) is 11.6 Å². The third-order valence-electron chi connectivity index (χ3n) is 11.7. The molecule has 0 aromatic heterocycles. The summed E-state index contributed by atoms with van der Waals surface area (Å²) >= 11 is 0. The average molecular weight is 475 g/mol. The van der Waals surface area contributed by atoms with E-state index < -0.39 is 0 Å². The van der Waals surface area contributed by atoms with Gasteiger partial charge in [0, 0.05) is 0 Å². The van der Waals surface area contributed by atoms with Crippen molar-refractivity contribution in [2.24, 2.45) is 57.7 Å². The van der Waals surface area contributed by atoms with E-state index in [0.717, 1.165) is 25.7 Å². The Bertz CT molecular complexity index is 721. The summed E-state index contributed by atoms with van der Waals surface area (Å²) in [5, 5.41) is 22.4. The Morgan fingerprint density at radius 1 is 0.971 bits per heavy atom. The molecule has 0 aromatic rings. The highest BCUT2D eigenvalue weighted by Crippen LogP contribution is 2.71. The first-order chi connectivity index (χ1) is 15.8. The minimum atomic E-state index is -0.152. The molecule has 11 unspecified atom stereocenters. The van der Waals surface area contributed by atoms with Crippen molar-refractivity contribution >= 4 is 0 Å². The maximum Gasteiger partial charge on any atom is 0.0577 e. The van der Waals surface area contributed by atoms with E-state index in [-0.39, 0.29) is 23.0 Å². The molecule has 198 valence electrons. The fourth-order valence-corrected chi connectivity index (χ4v) is 10.5. The lowest BCUT2D eigenvalue weighted by atomic mass is 9.38. The van der Waals surface area contributed by atoms with Crippen molar-refractivity contribution in [2.75, 3.05) is 0 Å². The molecule has 0 aromatic carbocycles.